The van der Waals surface area contributed by atoms with Gasteiger partial charge in [0, 0.05) is 25.1 Å². The summed E-state index contributed by atoms with van der Waals surface area (Å²) in [6, 6.07) is 17.7. The third-order valence-corrected chi connectivity index (χ3v) is 5.49. The van der Waals surface area contributed by atoms with E-state index in [1.807, 2.05) is 65.7 Å². The number of carbonyl (C=O) groups is 1. The first kappa shape index (κ1) is 19.4. The molecule has 0 bridgehead atoms. The lowest BCUT2D eigenvalue weighted by atomic mass is 9.97. The molecule has 150 valence electrons. The SMILES string of the molecule is CON1C(N2CCCCC2)=Nc2ccccc2C1CC(=O)/C=C/c1ccccc1. The molecule has 0 radical (unpaired) electrons. The van der Waals surface area contributed by atoms with Crippen molar-refractivity contribution in [3.63, 3.8) is 0 Å². The number of rotatable bonds is 5. The monoisotopic (exact) mass is 389 g/mol. The lowest BCUT2D eigenvalue weighted by Gasteiger charge is -2.41. The zero-order valence-electron chi connectivity index (χ0n) is 16.8. The molecule has 2 aliphatic rings. The molecule has 0 N–H and O–H groups in total. The number of hydrogen-bond donors (Lipinski definition) is 0. The Hall–Kier alpha value is -2.92. The van der Waals surface area contributed by atoms with Crippen LogP contribution in [0, 0.1) is 0 Å². The van der Waals surface area contributed by atoms with E-state index < -0.39 is 0 Å². The summed E-state index contributed by atoms with van der Waals surface area (Å²) in [6.45, 7) is 1.94. The summed E-state index contributed by atoms with van der Waals surface area (Å²) in [4.78, 5) is 25.8. The van der Waals surface area contributed by atoms with Crippen molar-refractivity contribution < 1.29 is 9.63 Å². The molecule has 29 heavy (non-hydrogen) atoms. The summed E-state index contributed by atoms with van der Waals surface area (Å²) < 4.78 is 0. The average molecular weight is 389 g/mol. The van der Waals surface area contributed by atoms with Gasteiger partial charge < -0.3 is 4.90 Å². The first-order valence-electron chi connectivity index (χ1n) is 10.3. The van der Waals surface area contributed by atoms with Crippen molar-refractivity contribution in [2.75, 3.05) is 20.2 Å². The number of allylic oxidation sites excluding steroid dienone is 1. The molecule has 1 atom stereocenters. The van der Waals surface area contributed by atoms with Gasteiger partial charge in [-0.05, 0) is 37.0 Å². The fourth-order valence-corrected chi connectivity index (χ4v) is 4.01. The molecule has 1 fully saturated rings. The Bertz CT molecular complexity index is 901. The Kier molecular flexibility index (Phi) is 6.06. The molecule has 0 aliphatic carbocycles. The van der Waals surface area contributed by atoms with E-state index in [9.17, 15) is 4.79 Å². The molecule has 0 spiro atoms. The average Bonchev–Trinajstić information content (AvgIpc) is 2.78. The van der Waals surface area contributed by atoms with Gasteiger partial charge in [0.15, 0.2) is 5.78 Å². The molecule has 1 saturated heterocycles. The molecule has 2 aromatic rings. The number of ketones is 1. The fourth-order valence-electron chi connectivity index (χ4n) is 4.01. The van der Waals surface area contributed by atoms with Crippen molar-refractivity contribution in [2.24, 2.45) is 4.99 Å². The second-order valence-electron chi connectivity index (χ2n) is 7.46. The zero-order chi connectivity index (χ0) is 20.1. The summed E-state index contributed by atoms with van der Waals surface area (Å²) in [5.41, 5.74) is 2.96. The first-order valence-corrected chi connectivity index (χ1v) is 10.3. The van der Waals surface area contributed by atoms with Crippen molar-refractivity contribution in [3.8, 4) is 0 Å². The molecule has 0 saturated carbocycles. The number of carbonyl (C=O) groups excluding carboxylic acids is 1. The molecule has 0 amide bonds. The van der Waals surface area contributed by atoms with E-state index in [0.29, 0.717) is 6.42 Å². The first-order chi connectivity index (χ1) is 14.3. The van der Waals surface area contributed by atoms with E-state index in [-0.39, 0.29) is 11.8 Å². The van der Waals surface area contributed by atoms with Crippen molar-refractivity contribution in [1.29, 1.82) is 0 Å². The van der Waals surface area contributed by atoms with Gasteiger partial charge in [0.2, 0.25) is 5.96 Å². The highest BCUT2D eigenvalue weighted by molar-refractivity contribution is 5.95. The third-order valence-electron chi connectivity index (χ3n) is 5.49. The predicted octanol–water partition coefficient (Wildman–Crippen LogP) is 4.75. The smallest absolute Gasteiger partial charge is 0.226 e. The van der Waals surface area contributed by atoms with Gasteiger partial charge in [0.05, 0.1) is 18.8 Å². The van der Waals surface area contributed by atoms with Crippen LogP contribution in [-0.2, 0) is 9.63 Å². The van der Waals surface area contributed by atoms with Crippen LogP contribution >= 0.6 is 0 Å². The number of benzene rings is 2. The number of piperidine rings is 1. The van der Waals surface area contributed by atoms with Gasteiger partial charge in [-0.3, -0.25) is 9.63 Å². The van der Waals surface area contributed by atoms with Gasteiger partial charge in [-0.15, -0.1) is 0 Å². The minimum absolute atomic E-state index is 0.0654. The second kappa shape index (κ2) is 9.05. The van der Waals surface area contributed by atoms with Crippen LogP contribution < -0.4 is 0 Å². The van der Waals surface area contributed by atoms with Gasteiger partial charge in [0.1, 0.15) is 0 Å². The largest absolute Gasteiger partial charge is 0.341 e. The predicted molar refractivity (Wildman–Crippen MR) is 116 cm³/mol. The van der Waals surface area contributed by atoms with Crippen molar-refractivity contribution in [3.05, 3.63) is 71.8 Å². The summed E-state index contributed by atoms with van der Waals surface area (Å²) >= 11 is 0. The van der Waals surface area contributed by atoms with E-state index in [1.54, 1.807) is 13.2 Å². The van der Waals surface area contributed by atoms with Crippen LogP contribution in [0.15, 0.2) is 65.7 Å². The van der Waals surface area contributed by atoms with Gasteiger partial charge in [-0.25, -0.2) is 10.1 Å². The van der Waals surface area contributed by atoms with Crippen molar-refractivity contribution in [2.45, 2.75) is 31.7 Å². The van der Waals surface area contributed by atoms with E-state index >= 15 is 0 Å². The number of hydrogen-bond acceptors (Lipinski definition) is 5. The zero-order valence-corrected chi connectivity index (χ0v) is 16.8. The number of nitrogens with zero attached hydrogens (tertiary/aromatic N) is 3. The van der Waals surface area contributed by atoms with Gasteiger partial charge in [0.25, 0.3) is 0 Å². The van der Waals surface area contributed by atoms with Gasteiger partial charge in [-0.2, -0.15) is 0 Å². The summed E-state index contributed by atoms with van der Waals surface area (Å²) in [5.74, 6) is 0.881. The van der Waals surface area contributed by atoms with Gasteiger partial charge in [-0.1, -0.05) is 54.6 Å². The van der Waals surface area contributed by atoms with Crippen LogP contribution in [0.1, 0.15) is 42.9 Å². The summed E-state index contributed by atoms with van der Waals surface area (Å²) in [7, 11) is 1.66. The highest BCUT2D eigenvalue weighted by Gasteiger charge is 2.34. The number of para-hydroxylation sites is 1. The molecule has 0 aromatic heterocycles. The molecule has 2 aromatic carbocycles. The number of aliphatic imine (C=N–C) groups is 1. The van der Waals surface area contributed by atoms with Crippen molar-refractivity contribution in [1.82, 2.24) is 9.96 Å². The molecule has 4 rings (SSSR count). The maximum absolute atomic E-state index is 12.8. The topological polar surface area (TPSA) is 45.1 Å². The summed E-state index contributed by atoms with van der Waals surface area (Å²) in [5, 5.41) is 1.82. The van der Waals surface area contributed by atoms with Crippen LogP contribution in [0.3, 0.4) is 0 Å². The lowest BCUT2D eigenvalue weighted by Crippen LogP contribution is -2.49. The molecular weight excluding hydrogens is 362 g/mol. The molecule has 5 heteroatoms. The molecule has 2 heterocycles. The summed E-state index contributed by atoms with van der Waals surface area (Å²) in [6.07, 6.45) is 7.43. The Morgan fingerprint density at radius 1 is 1.07 bits per heavy atom. The van der Waals surface area contributed by atoms with Crippen LogP contribution in [0.5, 0.6) is 0 Å². The molecule has 5 nitrogen and oxygen atoms in total. The number of fused-ring (bicyclic) bond motifs is 1. The normalized spacial score (nSPS) is 19.2. The third kappa shape index (κ3) is 4.40. The fraction of sp³-hybridized carbons (Fsp3) is 0.333. The number of hydroxylamine groups is 2. The Morgan fingerprint density at radius 2 is 1.79 bits per heavy atom. The van der Waals surface area contributed by atoms with Crippen LogP contribution in [0.25, 0.3) is 6.08 Å². The maximum atomic E-state index is 12.8. The molecular formula is C24H27N3O2. The van der Waals surface area contributed by atoms with Crippen LogP contribution in [0.2, 0.25) is 0 Å². The van der Waals surface area contributed by atoms with Crippen molar-refractivity contribution >= 4 is 23.5 Å². The number of likely N-dealkylation sites (tertiary alicyclic amines) is 1. The Labute approximate surface area is 172 Å². The second-order valence-corrected chi connectivity index (χ2v) is 7.46. The van der Waals surface area contributed by atoms with Crippen LogP contribution in [-0.4, -0.2) is 41.9 Å². The van der Waals surface area contributed by atoms with E-state index in [2.05, 4.69) is 4.90 Å². The molecule has 2 aliphatic heterocycles. The Balaban J connectivity index is 1.59. The van der Waals surface area contributed by atoms with E-state index in [4.69, 9.17) is 9.83 Å². The Morgan fingerprint density at radius 3 is 2.55 bits per heavy atom. The van der Waals surface area contributed by atoms with Crippen LogP contribution in [0.4, 0.5) is 5.69 Å². The van der Waals surface area contributed by atoms with E-state index in [1.165, 1.54) is 6.42 Å². The minimum atomic E-state index is -0.196. The standard InChI is InChI=1S/C24H27N3O2/c1-29-27-23(18-20(28)15-14-19-10-4-2-5-11-19)21-12-6-7-13-22(21)25-24(27)26-16-8-3-9-17-26/h2,4-7,10-15,23H,3,8-9,16-18H2,1H3/b15-14+. The highest BCUT2D eigenvalue weighted by atomic mass is 16.7. The quantitative estimate of drug-likeness (QED) is 0.692. The highest BCUT2D eigenvalue weighted by Crippen LogP contribution is 2.38. The maximum Gasteiger partial charge on any atom is 0.226 e. The van der Waals surface area contributed by atoms with Gasteiger partial charge >= 0.3 is 0 Å². The lowest BCUT2D eigenvalue weighted by molar-refractivity contribution is -0.129. The molecule has 1 unspecified atom stereocenters. The number of guanidine groups is 1. The minimum Gasteiger partial charge on any atom is -0.341 e. The van der Waals surface area contributed by atoms with E-state index in [0.717, 1.165) is 48.7 Å².